The van der Waals surface area contributed by atoms with Gasteiger partial charge in [0, 0.05) is 12.1 Å². The summed E-state index contributed by atoms with van der Waals surface area (Å²) in [5, 5.41) is 10.8. The highest BCUT2D eigenvalue weighted by Gasteiger charge is 2.24. The summed E-state index contributed by atoms with van der Waals surface area (Å²) in [7, 11) is -4.01. The van der Waals surface area contributed by atoms with Gasteiger partial charge in [0.05, 0.1) is 9.82 Å². The van der Waals surface area contributed by atoms with Gasteiger partial charge in [0.15, 0.2) is 5.78 Å². The summed E-state index contributed by atoms with van der Waals surface area (Å²) in [6.07, 6.45) is 1.16. The van der Waals surface area contributed by atoms with E-state index in [2.05, 4.69) is 0 Å². The van der Waals surface area contributed by atoms with E-state index in [0.29, 0.717) is 0 Å². The van der Waals surface area contributed by atoms with Crippen LogP contribution in [0.1, 0.15) is 18.1 Å². The lowest BCUT2D eigenvalue weighted by Crippen LogP contribution is -2.11. The van der Waals surface area contributed by atoms with Gasteiger partial charge < -0.3 is 0 Å². The van der Waals surface area contributed by atoms with Crippen molar-refractivity contribution in [2.45, 2.75) is 18.7 Å². The Hall–Kier alpha value is -2.80. The second-order valence-electron chi connectivity index (χ2n) is 5.23. The van der Waals surface area contributed by atoms with Crippen LogP contribution in [0.15, 0.2) is 58.3 Å². The molecule has 124 valence electrons. The van der Waals surface area contributed by atoms with Crippen molar-refractivity contribution in [3.8, 4) is 0 Å². The number of sulfone groups is 1. The minimum atomic E-state index is -4.01. The number of rotatable bonds is 5. The van der Waals surface area contributed by atoms with E-state index < -0.39 is 25.4 Å². The van der Waals surface area contributed by atoms with Gasteiger partial charge in [0.1, 0.15) is 4.91 Å². The molecule has 0 N–H and O–H groups in total. The number of Topliss-reactive ketones (excluding diaryl/α,β-unsaturated/α-hetero) is 1. The molecule has 0 aliphatic carbocycles. The van der Waals surface area contributed by atoms with Crippen LogP contribution in [-0.2, 0) is 14.6 Å². The molecule has 2 rings (SSSR count). The average Bonchev–Trinajstić information content (AvgIpc) is 2.53. The maximum absolute atomic E-state index is 12.7. The van der Waals surface area contributed by atoms with Crippen molar-refractivity contribution in [2.24, 2.45) is 0 Å². The number of carbonyl (C=O) groups is 1. The maximum atomic E-state index is 12.7. The Balaban J connectivity index is 2.57. The molecule has 0 radical (unpaired) electrons. The summed E-state index contributed by atoms with van der Waals surface area (Å²) in [5.41, 5.74) is 0.977. The van der Waals surface area contributed by atoms with Gasteiger partial charge in [0.25, 0.3) is 5.69 Å². The molecule has 7 heteroatoms. The Kier molecular flexibility index (Phi) is 4.94. The first kappa shape index (κ1) is 17.6. The van der Waals surface area contributed by atoms with Crippen LogP contribution in [0, 0.1) is 17.0 Å². The second kappa shape index (κ2) is 6.76. The van der Waals surface area contributed by atoms with Crippen LogP contribution < -0.4 is 0 Å². The highest BCUT2D eigenvalue weighted by Crippen LogP contribution is 2.24. The molecule has 0 saturated heterocycles. The molecule has 0 heterocycles. The number of nitrogens with zero attached hydrogens (tertiary/aromatic N) is 1. The van der Waals surface area contributed by atoms with Crippen LogP contribution in [0.5, 0.6) is 0 Å². The molecule has 0 amide bonds. The number of nitro groups is 1. The van der Waals surface area contributed by atoms with Gasteiger partial charge in [0.2, 0.25) is 9.84 Å². The minimum Gasteiger partial charge on any atom is -0.294 e. The molecule has 0 aromatic heterocycles. The van der Waals surface area contributed by atoms with Crippen LogP contribution in [0.2, 0.25) is 0 Å². The molecule has 0 bridgehead atoms. The van der Waals surface area contributed by atoms with Gasteiger partial charge in [-0.1, -0.05) is 29.8 Å². The first-order valence-corrected chi connectivity index (χ1v) is 8.49. The fraction of sp³-hybridized carbons (Fsp3) is 0.118. The predicted molar refractivity (Wildman–Crippen MR) is 90.1 cm³/mol. The molecule has 0 unspecified atom stereocenters. The van der Waals surface area contributed by atoms with E-state index in [9.17, 15) is 23.3 Å². The number of hydrogen-bond acceptors (Lipinski definition) is 5. The van der Waals surface area contributed by atoms with Crippen molar-refractivity contribution in [3.63, 3.8) is 0 Å². The molecule has 0 aliphatic rings. The standard InChI is InChI=1S/C17H15NO5S/c1-12-6-8-16(9-7-12)24(22,23)17(13(2)19)11-14-4-3-5-15(10-14)18(20)21/h3-11H,1-2H3. The normalized spacial score (nSPS) is 12.0. The van der Waals surface area contributed by atoms with Crippen LogP contribution in [0.25, 0.3) is 6.08 Å². The minimum absolute atomic E-state index is 0.0000177. The average molecular weight is 345 g/mol. The number of aryl methyl sites for hydroxylation is 1. The monoisotopic (exact) mass is 345 g/mol. The Morgan fingerprint density at radius 2 is 1.75 bits per heavy atom. The summed E-state index contributed by atoms with van der Waals surface area (Å²) in [6.45, 7) is 2.97. The van der Waals surface area contributed by atoms with Gasteiger partial charge in [-0.05, 0) is 37.6 Å². The van der Waals surface area contributed by atoms with Crippen molar-refractivity contribution in [3.05, 3.63) is 74.7 Å². The van der Waals surface area contributed by atoms with Gasteiger partial charge in [-0.15, -0.1) is 0 Å². The van der Waals surface area contributed by atoms with E-state index in [1.54, 1.807) is 12.1 Å². The Morgan fingerprint density at radius 3 is 2.29 bits per heavy atom. The third kappa shape index (κ3) is 3.75. The van der Waals surface area contributed by atoms with E-state index in [4.69, 9.17) is 0 Å². The van der Waals surface area contributed by atoms with Crippen molar-refractivity contribution in [1.29, 1.82) is 0 Å². The summed E-state index contributed by atoms with van der Waals surface area (Å²) in [4.78, 5) is 21.7. The Labute approximate surface area is 139 Å². The summed E-state index contributed by atoms with van der Waals surface area (Å²) < 4.78 is 25.4. The van der Waals surface area contributed by atoms with Crippen molar-refractivity contribution in [1.82, 2.24) is 0 Å². The van der Waals surface area contributed by atoms with E-state index in [1.165, 1.54) is 36.4 Å². The van der Waals surface area contributed by atoms with Crippen molar-refractivity contribution in [2.75, 3.05) is 0 Å². The zero-order valence-electron chi connectivity index (χ0n) is 13.1. The second-order valence-corrected chi connectivity index (χ2v) is 7.15. The lowest BCUT2D eigenvalue weighted by Gasteiger charge is -2.07. The smallest absolute Gasteiger partial charge is 0.270 e. The number of nitro benzene ring substituents is 1. The molecular weight excluding hydrogens is 330 g/mol. The van der Waals surface area contributed by atoms with Crippen LogP contribution in [-0.4, -0.2) is 19.1 Å². The predicted octanol–water partition coefficient (Wildman–Crippen LogP) is 3.31. The summed E-state index contributed by atoms with van der Waals surface area (Å²) in [6, 6.07) is 11.6. The maximum Gasteiger partial charge on any atom is 0.270 e. The first-order valence-electron chi connectivity index (χ1n) is 7.00. The van der Waals surface area contributed by atoms with Crippen LogP contribution >= 0.6 is 0 Å². The molecule has 0 fully saturated rings. The zero-order valence-corrected chi connectivity index (χ0v) is 13.9. The van der Waals surface area contributed by atoms with Crippen molar-refractivity contribution < 1.29 is 18.1 Å². The molecule has 0 spiro atoms. The Morgan fingerprint density at radius 1 is 1.12 bits per heavy atom. The van der Waals surface area contributed by atoms with E-state index in [0.717, 1.165) is 18.6 Å². The molecule has 0 saturated carbocycles. The molecular formula is C17H15NO5S. The topological polar surface area (TPSA) is 94.3 Å². The number of carbonyl (C=O) groups excluding carboxylic acids is 1. The number of benzene rings is 2. The van der Waals surface area contributed by atoms with Crippen molar-refractivity contribution >= 4 is 27.4 Å². The third-order valence-corrected chi connectivity index (χ3v) is 5.22. The molecule has 2 aromatic carbocycles. The quantitative estimate of drug-likeness (QED) is 0.471. The van der Waals surface area contributed by atoms with Crippen LogP contribution in [0.4, 0.5) is 5.69 Å². The van der Waals surface area contributed by atoms with Gasteiger partial charge in [-0.25, -0.2) is 8.42 Å². The molecule has 0 aliphatic heterocycles. The summed E-state index contributed by atoms with van der Waals surface area (Å²) in [5.74, 6) is -0.637. The van der Waals surface area contributed by atoms with Gasteiger partial charge in [-0.2, -0.15) is 0 Å². The largest absolute Gasteiger partial charge is 0.294 e. The lowest BCUT2D eigenvalue weighted by molar-refractivity contribution is -0.384. The lowest BCUT2D eigenvalue weighted by atomic mass is 10.2. The number of allylic oxidation sites excluding steroid dienone is 1. The number of ketones is 1. The number of hydrogen-bond donors (Lipinski definition) is 0. The first-order chi connectivity index (χ1) is 11.2. The molecule has 2 aromatic rings. The highest BCUT2D eigenvalue weighted by atomic mass is 32.2. The number of non-ortho nitro benzene ring substituents is 1. The fourth-order valence-corrected chi connectivity index (χ4v) is 3.51. The SMILES string of the molecule is CC(=O)C(=Cc1cccc([N+](=O)[O-])c1)S(=O)(=O)c1ccc(C)cc1. The van der Waals surface area contributed by atoms with E-state index >= 15 is 0 Å². The van der Waals surface area contributed by atoms with Gasteiger partial charge in [-0.3, -0.25) is 14.9 Å². The third-order valence-electron chi connectivity index (χ3n) is 3.35. The zero-order chi connectivity index (χ0) is 17.9. The van der Waals surface area contributed by atoms with E-state index in [-0.39, 0.29) is 16.1 Å². The molecule has 0 atom stereocenters. The van der Waals surface area contributed by atoms with E-state index in [1.807, 2.05) is 6.92 Å². The van der Waals surface area contributed by atoms with Gasteiger partial charge >= 0.3 is 0 Å². The Bertz CT molecular complexity index is 928. The highest BCUT2D eigenvalue weighted by molar-refractivity contribution is 7.96. The fourth-order valence-electron chi connectivity index (χ4n) is 2.09. The summed E-state index contributed by atoms with van der Waals surface area (Å²) >= 11 is 0. The molecule has 24 heavy (non-hydrogen) atoms. The molecule has 6 nitrogen and oxygen atoms in total. The van der Waals surface area contributed by atoms with Crippen LogP contribution in [0.3, 0.4) is 0 Å².